The molecule has 1 amide bonds. The third kappa shape index (κ3) is 4.04. The van der Waals surface area contributed by atoms with Gasteiger partial charge in [-0.3, -0.25) is 9.59 Å². The van der Waals surface area contributed by atoms with Crippen molar-refractivity contribution in [2.24, 2.45) is 0 Å². The van der Waals surface area contributed by atoms with Crippen molar-refractivity contribution >= 4 is 17.4 Å². The van der Waals surface area contributed by atoms with E-state index in [9.17, 15) is 9.59 Å². The van der Waals surface area contributed by atoms with Gasteiger partial charge in [0.25, 0.3) is 0 Å². The number of carbonyl (C=O) groups is 2. The first kappa shape index (κ1) is 18.9. The van der Waals surface area contributed by atoms with Crippen molar-refractivity contribution in [3.8, 4) is 0 Å². The van der Waals surface area contributed by atoms with Gasteiger partial charge in [0.2, 0.25) is 5.91 Å². The van der Waals surface area contributed by atoms with Crippen LogP contribution in [-0.2, 0) is 11.3 Å². The molecule has 3 nitrogen and oxygen atoms in total. The van der Waals surface area contributed by atoms with Gasteiger partial charge >= 0.3 is 0 Å². The minimum Gasteiger partial charge on any atom is -0.307 e. The smallest absolute Gasteiger partial charge is 0.227 e. The lowest BCUT2D eigenvalue weighted by Gasteiger charge is -2.32. The van der Waals surface area contributed by atoms with Gasteiger partial charge < -0.3 is 4.90 Å². The Labute approximate surface area is 171 Å². The summed E-state index contributed by atoms with van der Waals surface area (Å²) in [5.41, 5.74) is 5.15. The summed E-state index contributed by atoms with van der Waals surface area (Å²) < 4.78 is 0. The molecule has 3 aromatic rings. The summed E-state index contributed by atoms with van der Waals surface area (Å²) in [5, 5.41) is 0. The van der Waals surface area contributed by atoms with Crippen LogP contribution in [0.5, 0.6) is 0 Å². The zero-order valence-corrected chi connectivity index (χ0v) is 16.5. The second-order valence-electron chi connectivity index (χ2n) is 7.35. The summed E-state index contributed by atoms with van der Waals surface area (Å²) in [6, 6.07) is 27.3. The van der Waals surface area contributed by atoms with Crippen molar-refractivity contribution in [3.63, 3.8) is 0 Å². The SMILES string of the molecule is Cc1ccc(C(=O)C2=C(c3ccccc3)N(Cc3ccccc3)C(=O)CC2)cc1. The highest BCUT2D eigenvalue weighted by atomic mass is 16.2. The van der Waals surface area contributed by atoms with E-state index in [0.29, 0.717) is 30.5 Å². The average Bonchev–Trinajstić information content (AvgIpc) is 2.76. The zero-order chi connectivity index (χ0) is 20.2. The van der Waals surface area contributed by atoms with Crippen LogP contribution in [0.4, 0.5) is 0 Å². The lowest BCUT2D eigenvalue weighted by Crippen LogP contribution is -2.34. The van der Waals surface area contributed by atoms with Crippen LogP contribution in [-0.4, -0.2) is 16.6 Å². The van der Waals surface area contributed by atoms with Crippen LogP contribution in [0.3, 0.4) is 0 Å². The molecule has 3 heteroatoms. The number of nitrogens with zero attached hydrogens (tertiary/aromatic N) is 1. The van der Waals surface area contributed by atoms with Gasteiger partial charge in [0.1, 0.15) is 0 Å². The largest absolute Gasteiger partial charge is 0.307 e. The van der Waals surface area contributed by atoms with Crippen molar-refractivity contribution in [3.05, 3.63) is 113 Å². The van der Waals surface area contributed by atoms with Gasteiger partial charge in [-0.05, 0) is 24.5 Å². The van der Waals surface area contributed by atoms with Crippen LogP contribution >= 0.6 is 0 Å². The van der Waals surface area contributed by atoms with Crippen LogP contribution in [0.25, 0.3) is 5.70 Å². The summed E-state index contributed by atoms with van der Waals surface area (Å²) in [6.45, 7) is 2.46. The summed E-state index contributed by atoms with van der Waals surface area (Å²) in [6.07, 6.45) is 0.803. The average molecular weight is 381 g/mol. The number of hydrogen-bond acceptors (Lipinski definition) is 2. The van der Waals surface area contributed by atoms with E-state index < -0.39 is 0 Å². The van der Waals surface area contributed by atoms with Crippen molar-refractivity contribution in [2.75, 3.05) is 0 Å². The third-order valence-electron chi connectivity index (χ3n) is 5.26. The number of hydrogen-bond donors (Lipinski definition) is 0. The molecule has 0 aliphatic carbocycles. The Kier molecular flexibility index (Phi) is 5.39. The Morgan fingerprint density at radius 1 is 0.828 bits per heavy atom. The molecule has 0 unspecified atom stereocenters. The Hall–Kier alpha value is -3.46. The first-order chi connectivity index (χ1) is 14.1. The maximum absolute atomic E-state index is 13.4. The summed E-state index contributed by atoms with van der Waals surface area (Å²) in [7, 11) is 0. The molecule has 0 saturated heterocycles. The molecule has 144 valence electrons. The van der Waals surface area contributed by atoms with Gasteiger partial charge in [-0.2, -0.15) is 0 Å². The molecule has 0 radical (unpaired) electrons. The normalized spacial score (nSPS) is 14.2. The van der Waals surface area contributed by atoms with Crippen molar-refractivity contribution < 1.29 is 9.59 Å². The van der Waals surface area contributed by atoms with Gasteiger partial charge in [0.15, 0.2) is 5.78 Å². The van der Waals surface area contributed by atoms with Crippen LogP contribution in [0.2, 0.25) is 0 Å². The molecule has 0 spiro atoms. The molecule has 1 aliphatic rings. The fourth-order valence-electron chi connectivity index (χ4n) is 3.73. The van der Waals surface area contributed by atoms with E-state index in [1.165, 1.54) is 0 Å². The monoisotopic (exact) mass is 381 g/mol. The summed E-state index contributed by atoms with van der Waals surface area (Å²) >= 11 is 0. The molecule has 0 fully saturated rings. The fraction of sp³-hybridized carbons (Fsp3) is 0.154. The van der Waals surface area contributed by atoms with Gasteiger partial charge in [0, 0.05) is 17.6 Å². The van der Waals surface area contributed by atoms with E-state index in [4.69, 9.17) is 0 Å². The molecule has 0 atom stereocenters. The Morgan fingerprint density at radius 3 is 2.10 bits per heavy atom. The number of ketones is 1. The standard InChI is InChI=1S/C26H23NO2/c1-19-12-14-22(15-13-19)26(29)23-16-17-24(28)27(18-20-8-4-2-5-9-20)25(23)21-10-6-3-7-11-21/h2-15H,16-18H2,1H3. The van der Waals surface area contributed by atoms with Crippen LogP contribution in [0.15, 0.2) is 90.5 Å². The molecule has 1 heterocycles. The maximum Gasteiger partial charge on any atom is 0.227 e. The Bertz CT molecular complexity index is 1050. The van der Waals surface area contributed by atoms with Gasteiger partial charge in [-0.15, -0.1) is 0 Å². The molecule has 0 bridgehead atoms. The summed E-state index contributed by atoms with van der Waals surface area (Å²) in [4.78, 5) is 28.1. The number of amides is 1. The molecule has 0 aromatic heterocycles. The highest BCUT2D eigenvalue weighted by molar-refractivity contribution is 6.15. The van der Waals surface area contributed by atoms with E-state index >= 15 is 0 Å². The van der Waals surface area contributed by atoms with Gasteiger partial charge in [0.05, 0.1) is 12.2 Å². The number of carbonyl (C=O) groups excluding carboxylic acids is 2. The van der Waals surface area contributed by atoms with Crippen molar-refractivity contribution in [1.82, 2.24) is 4.90 Å². The molecule has 0 N–H and O–H groups in total. The molecule has 29 heavy (non-hydrogen) atoms. The highest BCUT2D eigenvalue weighted by Gasteiger charge is 2.31. The number of benzene rings is 3. The van der Waals surface area contributed by atoms with E-state index in [-0.39, 0.29) is 11.7 Å². The molecule has 0 saturated carbocycles. The van der Waals surface area contributed by atoms with Crippen LogP contribution < -0.4 is 0 Å². The topological polar surface area (TPSA) is 37.4 Å². The van der Waals surface area contributed by atoms with Gasteiger partial charge in [-0.1, -0.05) is 90.5 Å². The third-order valence-corrected chi connectivity index (χ3v) is 5.26. The van der Waals surface area contributed by atoms with E-state index in [1.54, 1.807) is 4.90 Å². The fourth-order valence-corrected chi connectivity index (χ4v) is 3.73. The number of aryl methyl sites for hydroxylation is 1. The second kappa shape index (κ2) is 8.27. The zero-order valence-electron chi connectivity index (χ0n) is 16.5. The molecule has 4 rings (SSSR count). The maximum atomic E-state index is 13.4. The van der Waals surface area contributed by atoms with E-state index in [0.717, 1.165) is 22.4 Å². The Morgan fingerprint density at radius 2 is 1.45 bits per heavy atom. The lowest BCUT2D eigenvalue weighted by atomic mass is 9.90. The first-order valence-corrected chi connectivity index (χ1v) is 9.88. The van der Waals surface area contributed by atoms with Crippen molar-refractivity contribution in [2.45, 2.75) is 26.3 Å². The van der Waals surface area contributed by atoms with E-state index in [2.05, 4.69) is 0 Å². The highest BCUT2D eigenvalue weighted by Crippen LogP contribution is 2.34. The lowest BCUT2D eigenvalue weighted by molar-refractivity contribution is -0.128. The first-order valence-electron chi connectivity index (χ1n) is 9.88. The Balaban J connectivity index is 1.83. The second-order valence-corrected chi connectivity index (χ2v) is 7.35. The number of allylic oxidation sites excluding steroid dienone is 1. The minimum absolute atomic E-state index is 0.00517. The molecular formula is C26H23NO2. The number of rotatable bonds is 5. The number of Topliss-reactive ketones (excluding diaryl/α,β-unsaturated/α-hetero) is 1. The predicted molar refractivity (Wildman–Crippen MR) is 115 cm³/mol. The molecule has 3 aromatic carbocycles. The van der Waals surface area contributed by atoms with Crippen LogP contribution in [0, 0.1) is 6.92 Å². The van der Waals surface area contributed by atoms with E-state index in [1.807, 2.05) is 91.9 Å². The van der Waals surface area contributed by atoms with Crippen molar-refractivity contribution in [1.29, 1.82) is 0 Å². The predicted octanol–water partition coefficient (Wildman–Crippen LogP) is 5.41. The van der Waals surface area contributed by atoms with Crippen LogP contribution in [0.1, 0.15) is 39.9 Å². The molecular weight excluding hydrogens is 358 g/mol. The quantitative estimate of drug-likeness (QED) is 0.554. The molecule has 1 aliphatic heterocycles. The van der Waals surface area contributed by atoms with Gasteiger partial charge in [-0.25, -0.2) is 0 Å². The summed E-state index contributed by atoms with van der Waals surface area (Å²) in [5.74, 6) is 0.0441. The minimum atomic E-state index is -0.00517.